The Hall–Kier alpha value is -2.65. The van der Waals surface area contributed by atoms with Crippen LogP contribution >= 0.6 is 0 Å². The summed E-state index contributed by atoms with van der Waals surface area (Å²) in [5.41, 5.74) is 5.00. The molecule has 0 aliphatic carbocycles. The van der Waals surface area contributed by atoms with E-state index in [1.807, 2.05) is 36.4 Å². The van der Waals surface area contributed by atoms with E-state index in [0.29, 0.717) is 0 Å². The second-order valence-electron chi connectivity index (χ2n) is 5.69. The molecule has 3 heteroatoms. The third-order valence-corrected chi connectivity index (χ3v) is 4.38. The van der Waals surface area contributed by atoms with Crippen LogP contribution in [0, 0.1) is 0 Å². The number of aryl methyl sites for hydroxylation is 1. The number of benzene rings is 2. The molecule has 4 aromatic rings. The van der Waals surface area contributed by atoms with Crippen molar-refractivity contribution in [2.75, 3.05) is 0 Å². The lowest BCUT2D eigenvalue weighted by Crippen LogP contribution is -1.95. The fourth-order valence-corrected chi connectivity index (χ4v) is 3.25. The molecule has 0 aliphatic heterocycles. The van der Waals surface area contributed by atoms with Crippen LogP contribution in [0.2, 0.25) is 0 Å². The highest BCUT2D eigenvalue weighted by Crippen LogP contribution is 2.31. The Morgan fingerprint density at radius 3 is 2.61 bits per heavy atom. The number of aliphatic hydroxyl groups excluding tert-OH is 1. The highest BCUT2D eigenvalue weighted by Gasteiger charge is 2.12. The van der Waals surface area contributed by atoms with Gasteiger partial charge in [-0.2, -0.15) is 0 Å². The summed E-state index contributed by atoms with van der Waals surface area (Å²) in [6.45, 7) is 3.07. The molecule has 0 saturated carbocycles. The molecule has 1 N–H and O–H groups in total. The third kappa shape index (κ3) is 2.21. The zero-order valence-corrected chi connectivity index (χ0v) is 13.0. The van der Waals surface area contributed by atoms with Gasteiger partial charge >= 0.3 is 0 Å². The van der Waals surface area contributed by atoms with Gasteiger partial charge in [0.2, 0.25) is 0 Å². The molecule has 0 radical (unpaired) electrons. The maximum atomic E-state index is 9.90. The first kappa shape index (κ1) is 14.0. The van der Waals surface area contributed by atoms with Gasteiger partial charge in [0, 0.05) is 34.6 Å². The summed E-state index contributed by atoms with van der Waals surface area (Å²) in [6.07, 6.45) is 2.09. The maximum absolute atomic E-state index is 9.90. The van der Waals surface area contributed by atoms with Crippen molar-refractivity contribution in [1.29, 1.82) is 0 Å². The quantitative estimate of drug-likeness (QED) is 0.610. The number of hydrogen-bond acceptors (Lipinski definition) is 2. The molecule has 0 saturated heterocycles. The van der Waals surface area contributed by atoms with Gasteiger partial charge in [-0.15, -0.1) is 0 Å². The number of nitrogens with zero attached hydrogens (tertiary/aromatic N) is 2. The van der Waals surface area contributed by atoms with E-state index in [4.69, 9.17) is 4.98 Å². The van der Waals surface area contributed by atoms with Crippen LogP contribution in [0.15, 0.2) is 60.8 Å². The SMILES string of the molecule is CCn1ccc2c3c(CO)cc(-c4ccccc4)nc3ccc21. The van der Waals surface area contributed by atoms with Gasteiger partial charge in [-0.1, -0.05) is 30.3 Å². The summed E-state index contributed by atoms with van der Waals surface area (Å²) in [7, 11) is 0. The lowest BCUT2D eigenvalue weighted by Gasteiger charge is -2.10. The molecule has 2 aromatic heterocycles. The molecule has 23 heavy (non-hydrogen) atoms. The normalized spacial score (nSPS) is 11.4. The molecule has 4 rings (SSSR count). The van der Waals surface area contributed by atoms with Gasteiger partial charge in [0.1, 0.15) is 0 Å². The lowest BCUT2D eigenvalue weighted by molar-refractivity contribution is 0.283. The van der Waals surface area contributed by atoms with E-state index in [9.17, 15) is 5.11 Å². The van der Waals surface area contributed by atoms with Crippen LogP contribution in [-0.4, -0.2) is 14.7 Å². The van der Waals surface area contributed by atoms with Crippen molar-refractivity contribution >= 4 is 21.8 Å². The number of hydrogen-bond donors (Lipinski definition) is 1. The van der Waals surface area contributed by atoms with Gasteiger partial charge in [0.15, 0.2) is 0 Å². The zero-order chi connectivity index (χ0) is 15.8. The third-order valence-electron chi connectivity index (χ3n) is 4.38. The largest absolute Gasteiger partial charge is 0.392 e. The molecule has 0 unspecified atom stereocenters. The van der Waals surface area contributed by atoms with Crippen LogP contribution in [0.5, 0.6) is 0 Å². The average Bonchev–Trinajstić information content (AvgIpc) is 3.04. The predicted molar refractivity (Wildman–Crippen MR) is 94.3 cm³/mol. The minimum atomic E-state index is 0.00920. The second kappa shape index (κ2) is 5.52. The van der Waals surface area contributed by atoms with E-state index in [1.54, 1.807) is 0 Å². The molecule has 0 fully saturated rings. The highest BCUT2D eigenvalue weighted by molar-refractivity contribution is 6.07. The number of aromatic nitrogens is 2. The summed E-state index contributed by atoms with van der Waals surface area (Å²) >= 11 is 0. The molecule has 3 nitrogen and oxygen atoms in total. The molecule has 114 valence electrons. The first-order chi connectivity index (χ1) is 11.3. The fraction of sp³-hybridized carbons (Fsp3) is 0.150. The van der Waals surface area contributed by atoms with Gasteiger partial charge in [0.05, 0.1) is 17.8 Å². The summed E-state index contributed by atoms with van der Waals surface area (Å²) in [5.74, 6) is 0. The standard InChI is InChI=1S/C20H18N2O/c1-2-22-11-10-16-19(22)9-8-17-20(16)15(13-23)12-18(21-17)14-6-4-3-5-7-14/h3-12,23H,2,13H2,1H3. The minimum absolute atomic E-state index is 0.00920. The topological polar surface area (TPSA) is 38.0 Å². The van der Waals surface area contributed by atoms with Crippen molar-refractivity contribution in [3.8, 4) is 11.3 Å². The van der Waals surface area contributed by atoms with Crippen molar-refractivity contribution < 1.29 is 5.11 Å². The van der Waals surface area contributed by atoms with Gasteiger partial charge in [-0.3, -0.25) is 0 Å². The molecule has 2 heterocycles. The van der Waals surface area contributed by atoms with E-state index >= 15 is 0 Å². The Morgan fingerprint density at radius 1 is 1.04 bits per heavy atom. The number of aliphatic hydroxyl groups is 1. The lowest BCUT2D eigenvalue weighted by atomic mass is 10.0. The van der Waals surface area contributed by atoms with Crippen molar-refractivity contribution in [1.82, 2.24) is 9.55 Å². The Bertz CT molecular complexity index is 987. The van der Waals surface area contributed by atoms with Crippen LogP contribution in [0.1, 0.15) is 12.5 Å². The van der Waals surface area contributed by atoms with E-state index in [1.165, 1.54) is 5.52 Å². The van der Waals surface area contributed by atoms with Gasteiger partial charge in [0.25, 0.3) is 0 Å². The van der Waals surface area contributed by atoms with Crippen molar-refractivity contribution in [3.63, 3.8) is 0 Å². The van der Waals surface area contributed by atoms with Gasteiger partial charge < -0.3 is 9.67 Å². The summed E-state index contributed by atoms with van der Waals surface area (Å²) in [6, 6.07) is 18.4. The summed E-state index contributed by atoms with van der Waals surface area (Å²) in [5, 5.41) is 12.1. The maximum Gasteiger partial charge on any atom is 0.0720 e. The first-order valence-corrected chi connectivity index (χ1v) is 7.89. The van der Waals surface area contributed by atoms with Crippen molar-refractivity contribution in [2.24, 2.45) is 0 Å². The first-order valence-electron chi connectivity index (χ1n) is 7.89. The molecule has 0 spiro atoms. The summed E-state index contributed by atoms with van der Waals surface area (Å²) < 4.78 is 2.21. The Labute approximate surface area is 134 Å². The van der Waals surface area contributed by atoms with Gasteiger partial charge in [-0.05, 0) is 36.8 Å². The predicted octanol–water partition coefficient (Wildman–Crippen LogP) is 4.37. The van der Waals surface area contributed by atoms with Crippen molar-refractivity contribution in [3.05, 3.63) is 66.4 Å². The molecule has 2 aromatic carbocycles. The molecule has 0 atom stereocenters. The minimum Gasteiger partial charge on any atom is -0.392 e. The molecular weight excluding hydrogens is 284 g/mol. The highest BCUT2D eigenvalue weighted by atomic mass is 16.3. The molecular formula is C20H18N2O. The fourth-order valence-electron chi connectivity index (χ4n) is 3.25. The van der Waals surface area contributed by atoms with Crippen LogP contribution in [-0.2, 0) is 13.2 Å². The molecule has 0 amide bonds. The van der Waals surface area contributed by atoms with E-state index in [-0.39, 0.29) is 6.61 Å². The molecule has 0 bridgehead atoms. The monoisotopic (exact) mass is 302 g/mol. The van der Waals surface area contributed by atoms with E-state index in [2.05, 4.69) is 35.9 Å². The summed E-state index contributed by atoms with van der Waals surface area (Å²) in [4.78, 5) is 4.82. The van der Waals surface area contributed by atoms with Crippen LogP contribution < -0.4 is 0 Å². The van der Waals surface area contributed by atoms with Crippen LogP contribution in [0.4, 0.5) is 0 Å². The zero-order valence-electron chi connectivity index (χ0n) is 13.0. The van der Waals surface area contributed by atoms with Crippen LogP contribution in [0.3, 0.4) is 0 Å². The number of rotatable bonds is 3. The average molecular weight is 302 g/mol. The Balaban J connectivity index is 2.04. The number of fused-ring (bicyclic) bond motifs is 3. The Morgan fingerprint density at radius 2 is 1.87 bits per heavy atom. The number of pyridine rings is 1. The van der Waals surface area contributed by atoms with E-state index < -0.39 is 0 Å². The van der Waals surface area contributed by atoms with E-state index in [0.717, 1.165) is 39.7 Å². The van der Waals surface area contributed by atoms with Crippen LogP contribution in [0.25, 0.3) is 33.1 Å². The second-order valence-corrected chi connectivity index (χ2v) is 5.69. The Kier molecular flexibility index (Phi) is 3.36. The molecule has 0 aliphatic rings. The van der Waals surface area contributed by atoms with Crippen molar-refractivity contribution in [2.45, 2.75) is 20.1 Å². The smallest absolute Gasteiger partial charge is 0.0720 e. The van der Waals surface area contributed by atoms with Gasteiger partial charge in [-0.25, -0.2) is 4.98 Å².